The zero-order valence-electron chi connectivity index (χ0n) is 12.6. The number of likely N-dealkylation sites (tertiary alicyclic amines) is 1. The summed E-state index contributed by atoms with van der Waals surface area (Å²) in [6.45, 7) is 5.61. The summed E-state index contributed by atoms with van der Waals surface area (Å²) in [4.78, 5) is 2.40. The Morgan fingerprint density at radius 3 is 3.10 bits per heavy atom. The Bertz CT molecular complexity index is 444. The summed E-state index contributed by atoms with van der Waals surface area (Å²) in [5, 5.41) is 3.62. The number of rotatable bonds is 7. The molecule has 3 nitrogen and oxygen atoms in total. The van der Waals surface area contributed by atoms with Crippen LogP contribution in [0.3, 0.4) is 0 Å². The first kappa shape index (κ1) is 16.7. The Kier molecular flexibility index (Phi) is 6.90. The Morgan fingerprint density at radius 1 is 1.48 bits per heavy atom. The zero-order chi connectivity index (χ0) is 15.1. The van der Waals surface area contributed by atoms with Crippen molar-refractivity contribution >= 4 is 11.6 Å². The Hall–Kier alpha value is -0.680. The van der Waals surface area contributed by atoms with Crippen LogP contribution in [0.2, 0.25) is 5.02 Å². The molecule has 1 aromatic carbocycles. The summed E-state index contributed by atoms with van der Waals surface area (Å²) in [6, 6.07) is 5.09. The summed E-state index contributed by atoms with van der Waals surface area (Å²) < 4.78 is 18.5. The highest BCUT2D eigenvalue weighted by molar-refractivity contribution is 6.30. The van der Waals surface area contributed by atoms with Gasteiger partial charge in [-0.15, -0.1) is 0 Å². The molecule has 0 bridgehead atoms. The summed E-state index contributed by atoms with van der Waals surface area (Å²) >= 11 is 5.72. The van der Waals surface area contributed by atoms with Crippen LogP contribution >= 0.6 is 11.6 Å². The maximum absolute atomic E-state index is 13.5. The molecule has 5 heteroatoms. The van der Waals surface area contributed by atoms with Crippen LogP contribution in [0.25, 0.3) is 0 Å². The fraction of sp³-hybridized carbons (Fsp3) is 0.625. The van der Waals surface area contributed by atoms with Crippen LogP contribution in [0.4, 0.5) is 4.39 Å². The van der Waals surface area contributed by atoms with Crippen LogP contribution in [0, 0.1) is 11.7 Å². The topological polar surface area (TPSA) is 24.5 Å². The first-order valence-electron chi connectivity index (χ1n) is 7.55. The van der Waals surface area contributed by atoms with Crippen molar-refractivity contribution < 1.29 is 9.13 Å². The molecule has 2 rings (SSSR count). The van der Waals surface area contributed by atoms with Gasteiger partial charge in [-0.2, -0.15) is 0 Å². The van der Waals surface area contributed by atoms with E-state index in [2.05, 4.69) is 10.2 Å². The second-order valence-electron chi connectivity index (χ2n) is 5.69. The van der Waals surface area contributed by atoms with E-state index in [1.807, 2.05) is 6.07 Å². The van der Waals surface area contributed by atoms with Gasteiger partial charge < -0.3 is 10.1 Å². The van der Waals surface area contributed by atoms with Gasteiger partial charge in [-0.3, -0.25) is 4.90 Å². The van der Waals surface area contributed by atoms with Crippen molar-refractivity contribution in [3.8, 4) is 0 Å². The molecule has 118 valence electrons. The standard InChI is InChI=1S/C16H24ClFN2O/c1-21-8-6-19-10-14-3-2-7-20(12-14)11-13-4-5-15(17)16(18)9-13/h4-5,9,14,19H,2-3,6-8,10-12H2,1H3. The first-order chi connectivity index (χ1) is 10.2. The molecule has 1 aromatic rings. The third-order valence-corrected chi connectivity index (χ3v) is 4.22. The van der Waals surface area contributed by atoms with Gasteiger partial charge in [0.15, 0.2) is 0 Å². The molecule has 0 aliphatic carbocycles. The van der Waals surface area contributed by atoms with Gasteiger partial charge in [0.2, 0.25) is 0 Å². The number of piperidine rings is 1. The van der Waals surface area contributed by atoms with E-state index in [0.29, 0.717) is 5.92 Å². The molecule has 0 amide bonds. The molecule has 1 heterocycles. The van der Waals surface area contributed by atoms with Crippen LogP contribution in [0.5, 0.6) is 0 Å². The van der Waals surface area contributed by atoms with Crippen molar-refractivity contribution in [2.75, 3.05) is 39.9 Å². The molecular weight excluding hydrogens is 291 g/mol. The maximum atomic E-state index is 13.5. The third-order valence-electron chi connectivity index (χ3n) is 3.91. The first-order valence-corrected chi connectivity index (χ1v) is 7.92. The molecule has 1 saturated heterocycles. The van der Waals surface area contributed by atoms with Crippen LogP contribution in [-0.4, -0.2) is 44.8 Å². The minimum absolute atomic E-state index is 0.192. The van der Waals surface area contributed by atoms with E-state index in [1.54, 1.807) is 19.2 Å². The molecule has 0 radical (unpaired) electrons. The number of nitrogens with zero attached hydrogens (tertiary/aromatic N) is 1. The third kappa shape index (κ3) is 5.55. The Labute approximate surface area is 131 Å². The Balaban J connectivity index is 1.79. The summed E-state index contributed by atoms with van der Waals surface area (Å²) in [7, 11) is 1.72. The lowest BCUT2D eigenvalue weighted by Gasteiger charge is -2.33. The summed E-state index contributed by atoms with van der Waals surface area (Å²) in [6.07, 6.45) is 2.46. The van der Waals surface area contributed by atoms with Crippen LogP contribution in [0.15, 0.2) is 18.2 Å². The van der Waals surface area contributed by atoms with E-state index in [-0.39, 0.29) is 10.8 Å². The fourth-order valence-corrected chi connectivity index (χ4v) is 2.96. The van der Waals surface area contributed by atoms with Crippen LogP contribution in [-0.2, 0) is 11.3 Å². The molecule has 0 saturated carbocycles. The minimum atomic E-state index is -0.330. The predicted octanol–water partition coefficient (Wildman–Crippen LogP) is 2.93. The molecule has 21 heavy (non-hydrogen) atoms. The van der Waals surface area contributed by atoms with Crippen LogP contribution in [0.1, 0.15) is 18.4 Å². The SMILES string of the molecule is COCCNCC1CCCN(Cc2ccc(Cl)c(F)c2)C1. The van der Waals surface area contributed by atoms with Gasteiger partial charge in [0.25, 0.3) is 0 Å². The molecule has 1 N–H and O–H groups in total. The van der Waals surface area contributed by atoms with E-state index >= 15 is 0 Å². The molecule has 0 aromatic heterocycles. The number of halogens is 2. The average Bonchev–Trinajstić information content (AvgIpc) is 2.48. The second-order valence-corrected chi connectivity index (χ2v) is 6.10. The molecule has 0 spiro atoms. The lowest BCUT2D eigenvalue weighted by atomic mass is 9.97. The highest BCUT2D eigenvalue weighted by Crippen LogP contribution is 2.20. The van der Waals surface area contributed by atoms with E-state index < -0.39 is 0 Å². The van der Waals surface area contributed by atoms with E-state index in [1.165, 1.54) is 12.8 Å². The molecular formula is C16H24ClFN2O. The molecule has 1 fully saturated rings. The van der Waals surface area contributed by atoms with Crippen molar-refractivity contribution in [3.63, 3.8) is 0 Å². The van der Waals surface area contributed by atoms with E-state index in [0.717, 1.165) is 44.9 Å². The smallest absolute Gasteiger partial charge is 0.142 e. The number of benzene rings is 1. The monoisotopic (exact) mass is 314 g/mol. The number of nitrogens with one attached hydrogen (secondary N) is 1. The number of hydrogen-bond donors (Lipinski definition) is 1. The number of methoxy groups -OCH3 is 1. The van der Waals surface area contributed by atoms with Crippen molar-refractivity contribution in [2.45, 2.75) is 19.4 Å². The van der Waals surface area contributed by atoms with Crippen molar-refractivity contribution in [2.24, 2.45) is 5.92 Å². The fourth-order valence-electron chi connectivity index (χ4n) is 2.84. The molecule has 1 aliphatic heterocycles. The lowest BCUT2D eigenvalue weighted by molar-refractivity contribution is 0.159. The largest absolute Gasteiger partial charge is 0.383 e. The molecule has 1 unspecified atom stereocenters. The van der Waals surface area contributed by atoms with Crippen LogP contribution < -0.4 is 5.32 Å². The predicted molar refractivity (Wildman–Crippen MR) is 84.2 cm³/mol. The summed E-state index contributed by atoms with van der Waals surface area (Å²) in [5.74, 6) is 0.330. The van der Waals surface area contributed by atoms with Gasteiger partial charge in [-0.05, 0) is 49.5 Å². The summed E-state index contributed by atoms with van der Waals surface area (Å²) in [5.41, 5.74) is 0.991. The van der Waals surface area contributed by atoms with Gasteiger partial charge in [-0.1, -0.05) is 17.7 Å². The number of hydrogen-bond acceptors (Lipinski definition) is 3. The Morgan fingerprint density at radius 2 is 2.33 bits per heavy atom. The normalized spacial score (nSPS) is 19.9. The highest BCUT2D eigenvalue weighted by Gasteiger charge is 2.19. The molecule has 1 atom stereocenters. The molecule has 1 aliphatic rings. The van der Waals surface area contributed by atoms with Crippen molar-refractivity contribution in [1.82, 2.24) is 10.2 Å². The number of ether oxygens (including phenoxy) is 1. The van der Waals surface area contributed by atoms with Gasteiger partial charge in [-0.25, -0.2) is 4.39 Å². The minimum Gasteiger partial charge on any atom is -0.383 e. The maximum Gasteiger partial charge on any atom is 0.142 e. The van der Waals surface area contributed by atoms with Crippen molar-refractivity contribution in [1.29, 1.82) is 0 Å². The van der Waals surface area contributed by atoms with Gasteiger partial charge in [0.05, 0.1) is 11.6 Å². The highest BCUT2D eigenvalue weighted by atomic mass is 35.5. The van der Waals surface area contributed by atoms with Gasteiger partial charge in [0, 0.05) is 26.7 Å². The second kappa shape index (κ2) is 8.69. The van der Waals surface area contributed by atoms with E-state index in [9.17, 15) is 4.39 Å². The lowest BCUT2D eigenvalue weighted by Crippen LogP contribution is -2.39. The van der Waals surface area contributed by atoms with Gasteiger partial charge in [0.1, 0.15) is 5.82 Å². The van der Waals surface area contributed by atoms with E-state index in [4.69, 9.17) is 16.3 Å². The zero-order valence-corrected chi connectivity index (χ0v) is 13.3. The quantitative estimate of drug-likeness (QED) is 0.783. The average molecular weight is 315 g/mol. The van der Waals surface area contributed by atoms with Gasteiger partial charge >= 0.3 is 0 Å². The van der Waals surface area contributed by atoms with Crippen molar-refractivity contribution in [3.05, 3.63) is 34.6 Å².